The summed E-state index contributed by atoms with van der Waals surface area (Å²) >= 11 is 5.92. The fourth-order valence-corrected chi connectivity index (χ4v) is 2.40. The van der Waals surface area contributed by atoms with Gasteiger partial charge in [0, 0.05) is 22.7 Å². The number of amides is 1. The van der Waals surface area contributed by atoms with Gasteiger partial charge in [-0.15, -0.1) is 0 Å². The fraction of sp³-hybridized carbons (Fsp3) is 0.125. The van der Waals surface area contributed by atoms with Gasteiger partial charge in [0.25, 0.3) is 0 Å². The van der Waals surface area contributed by atoms with Crippen LogP contribution < -0.4 is 10.7 Å². The largest absolute Gasteiger partial charge is 0.467 e. The zero-order valence-electron chi connectivity index (χ0n) is 11.6. The number of carbonyl (C=O) groups excluding carboxylic acids is 1. The quantitative estimate of drug-likeness (QED) is 0.804. The van der Waals surface area contributed by atoms with Crippen LogP contribution in [0.4, 0.5) is 0 Å². The second-order valence-corrected chi connectivity index (χ2v) is 5.26. The van der Waals surface area contributed by atoms with Crippen molar-refractivity contribution in [2.75, 3.05) is 0 Å². The summed E-state index contributed by atoms with van der Waals surface area (Å²) in [5.74, 6) is 0.515. The number of benzene rings is 1. The van der Waals surface area contributed by atoms with Gasteiger partial charge in [-0.2, -0.15) is 0 Å². The highest BCUT2D eigenvalue weighted by atomic mass is 35.5. The van der Waals surface area contributed by atoms with Gasteiger partial charge in [-0.05, 0) is 30.3 Å². The molecule has 6 heteroatoms. The van der Waals surface area contributed by atoms with Crippen molar-refractivity contribution in [2.45, 2.75) is 13.1 Å². The molecule has 0 saturated heterocycles. The lowest BCUT2D eigenvalue weighted by atomic mass is 10.2. The van der Waals surface area contributed by atoms with Gasteiger partial charge in [0.05, 0.1) is 18.3 Å². The first-order valence-corrected chi connectivity index (χ1v) is 7.09. The molecule has 1 N–H and O–H groups in total. The van der Waals surface area contributed by atoms with Gasteiger partial charge in [0.15, 0.2) is 5.43 Å². The molecule has 22 heavy (non-hydrogen) atoms. The van der Waals surface area contributed by atoms with E-state index in [1.54, 1.807) is 47.4 Å². The van der Waals surface area contributed by atoms with Gasteiger partial charge >= 0.3 is 0 Å². The van der Waals surface area contributed by atoms with E-state index >= 15 is 0 Å². The predicted molar refractivity (Wildman–Crippen MR) is 83.8 cm³/mol. The summed E-state index contributed by atoms with van der Waals surface area (Å²) in [7, 11) is 0. The van der Waals surface area contributed by atoms with E-state index in [2.05, 4.69) is 5.32 Å². The maximum atomic E-state index is 12.0. The minimum absolute atomic E-state index is 0.110. The molecule has 3 rings (SSSR count). The molecule has 2 heterocycles. The molecular formula is C16H13ClN2O3. The summed E-state index contributed by atoms with van der Waals surface area (Å²) in [5, 5.41) is 3.75. The Hall–Kier alpha value is -2.53. The molecule has 0 atom stereocenters. The lowest BCUT2D eigenvalue weighted by Crippen LogP contribution is -2.27. The van der Waals surface area contributed by atoms with Crippen LogP contribution in [0.2, 0.25) is 5.02 Å². The third kappa shape index (κ3) is 3.04. The van der Waals surface area contributed by atoms with Crippen LogP contribution in [0.1, 0.15) is 5.76 Å². The first-order valence-electron chi connectivity index (χ1n) is 6.71. The van der Waals surface area contributed by atoms with Crippen LogP contribution in [0.3, 0.4) is 0 Å². The zero-order valence-corrected chi connectivity index (χ0v) is 12.3. The molecule has 0 saturated carbocycles. The van der Waals surface area contributed by atoms with Gasteiger partial charge in [-0.1, -0.05) is 11.6 Å². The number of fused-ring (bicyclic) bond motifs is 1. The maximum absolute atomic E-state index is 12.0. The van der Waals surface area contributed by atoms with Gasteiger partial charge < -0.3 is 14.3 Å². The smallest absolute Gasteiger partial charge is 0.240 e. The Kier molecular flexibility index (Phi) is 3.98. The van der Waals surface area contributed by atoms with Crippen molar-refractivity contribution in [1.29, 1.82) is 0 Å². The lowest BCUT2D eigenvalue weighted by Gasteiger charge is -2.10. The highest BCUT2D eigenvalue weighted by Gasteiger charge is 2.08. The van der Waals surface area contributed by atoms with Gasteiger partial charge in [-0.25, -0.2) is 0 Å². The Morgan fingerprint density at radius 3 is 2.91 bits per heavy atom. The number of furan rings is 1. The van der Waals surface area contributed by atoms with Gasteiger partial charge in [0.2, 0.25) is 5.91 Å². The third-order valence-electron chi connectivity index (χ3n) is 3.29. The van der Waals surface area contributed by atoms with Crippen molar-refractivity contribution < 1.29 is 9.21 Å². The number of nitrogens with zero attached hydrogens (tertiary/aromatic N) is 1. The maximum Gasteiger partial charge on any atom is 0.240 e. The molecule has 1 amide bonds. The van der Waals surface area contributed by atoms with Crippen LogP contribution in [0.25, 0.3) is 10.9 Å². The number of carbonyl (C=O) groups is 1. The zero-order chi connectivity index (χ0) is 15.5. The molecule has 112 valence electrons. The molecule has 0 unspecified atom stereocenters. The molecule has 1 aromatic carbocycles. The van der Waals surface area contributed by atoms with Crippen molar-refractivity contribution in [3.63, 3.8) is 0 Å². The molecule has 0 bridgehead atoms. The third-order valence-corrected chi connectivity index (χ3v) is 3.53. The van der Waals surface area contributed by atoms with Crippen LogP contribution in [0, 0.1) is 0 Å². The Morgan fingerprint density at radius 1 is 1.27 bits per heavy atom. The van der Waals surface area contributed by atoms with Crippen LogP contribution in [-0.4, -0.2) is 10.5 Å². The average molecular weight is 317 g/mol. The number of hydrogen-bond acceptors (Lipinski definition) is 3. The van der Waals surface area contributed by atoms with E-state index in [0.29, 0.717) is 28.2 Å². The molecule has 0 aliphatic carbocycles. The van der Waals surface area contributed by atoms with Crippen molar-refractivity contribution >= 4 is 28.4 Å². The van der Waals surface area contributed by atoms with Crippen molar-refractivity contribution in [2.24, 2.45) is 0 Å². The average Bonchev–Trinajstić information content (AvgIpc) is 3.02. The highest BCUT2D eigenvalue weighted by molar-refractivity contribution is 6.31. The monoisotopic (exact) mass is 316 g/mol. The summed E-state index contributed by atoms with van der Waals surface area (Å²) in [5.41, 5.74) is 0.551. The van der Waals surface area contributed by atoms with Crippen LogP contribution >= 0.6 is 11.6 Å². The minimum Gasteiger partial charge on any atom is -0.467 e. The molecule has 5 nitrogen and oxygen atoms in total. The van der Waals surface area contributed by atoms with E-state index in [1.807, 2.05) is 0 Å². The summed E-state index contributed by atoms with van der Waals surface area (Å²) in [4.78, 5) is 23.9. The second-order valence-electron chi connectivity index (χ2n) is 4.83. The number of halogens is 1. The number of rotatable bonds is 4. The molecule has 2 aromatic heterocycles. The van der Waals surface area contributed by atoms with E-state index in [1.165, 1.54) is 6.07 Å². The van der Waals surface area contributed by atoms with Crippen molar-refractivity contribution in [3.05, 3.63) is 69.9 Å². The first-order chi connectivity index (χ1) is 10.6. The number of pyridine rings is 1. The van der Waals surface area contributed by atoms with Crippen LogP contribution in [0.5, 0.6) is 0 Å². The molecule has 0 spiro atoms. The Bertz CT molecular complexity index is 869. The fourth-order valence-electron chi connectivity index (χ4n) is 2.23. The summed E-state index contributed by atoms with van der Waals surface area (Å²) in [6.45, 7) is 0.439. The van der Waals surface area contributed by atoms with Crippen LogP contribution in [0.15, 0.2) is 58.1 Å². The molecular weight excluding hydrogens is 304 g/mol. The van der Waals surface area contributed by atoms with E-state index < -0.39 is 0 Å². The summed E-state index contributed by atoms with van der Waals surface area (Å²) in [6.07, 6.45) is 3.16. The second kappa shape index (κ2) is 6.07. The van der Waals surface area contributed by atoms with E-state index in [-0.39, 0.29) is 17.9 Å². The Morgan fingerprint density at radius 2 is 2.14 bits per heavy atom. The first kappa shape index (κ1) is 14.4. The summed E-state index contributed by atoms with van der Waals surface area (Å²) in [6, 6.07) is 10.0. The van der Waals surface area contributed by atoms with Gasteiger partial charge in [0.1, 0.15) is 12.3 Å². The number of nitrogens with one attached hydrogen (secondary N) is 1. The Balaban J connectivity index is 1.80. The summed E-state index contributed by atoms with van der Waals surface area (Å²) < 4.78 is 6.87. The van der Waals surface area contributed by atoms with Crippen molar-refractivity contribution in [3.8, 4) is 0 Å². The normalized spacial score (nSPS) is 10.8. The molecule has 0 fully saturated rings. The molecule has 0 radical (unpaired) electrons. The van der Waals surface area contributed by atoms with Crippen molar-refractivity contribution in [1.82, 2.24) is 9.88 Å². The standard InChI is InChI=1S/C16H13ClN2O3/c17-11-3-4-14-13(8-11)15(20)5-6-19(14)10-16(21)18-9-12-2-1-7-22-12/h1-8H,9-10H2,(H,18,21). The minimum atomic E-state index is -0.170. The molecule has 3 aromatic rings. The Labute approximate surface area is 131 Å². The van der Waals surface area contributed by atoms with Gasteiger partial charge in [-0.3, -0.25) is 9.59 Å². The lowest BCUT2D eigenvalue weighted by molar-refractivity contribution is -0.121. The van der Waals surface area contributed by atoms with E-state index in [4.69, 9.17) is 16.0 Å². The highest BCUT2D eigenvalue weighted by Crippen LogP contribution is 2.16. The SMILES string of the molecule is O=C(Cn1ccc(=O)c2cc(Cl)ccc21)NCc1ccco1. The number of aromatic nitrogens is 1. The van der Waals surface area contributed by atoms with Crippen LogP contribution in [-0.2, 0) is 17.9 Å². The predicted octanol–water partition coefficient (Wildman–Crippen LogP) is 2.56. The topological polar surface area (TPSA) is 64.2 Å². The van der Waals surface area contributed by atoms with E-state index in [0.717, 1.165) is 0 Å². The van der Waals surface area contributed by atoms with E-state index in [9.17, 15) is 9.59 Å². The number of hydrogen-bond donors (Lipinski definition) is 1. The molecule has 0 aliphatic heterocycles. The molecule has 0 aliphatic rings.